The molecule has 1 aromatic carbocycles. The monoisotopic (exact) mass is 174 g/mol. The van der Waals surface area contributed by atoms with Gasteiger partial charge in [-0.25, -0.2) is 0 Å². The highest BCUT2D eigenvalue weighted by Gasteiger charge is 2.06. The van der Waals surface area contributed by atoms with Crippen molar-refractivity contribution < 1.29 is 4.79 Å². The van der Waals surface area contributed by atoms with Gasteiger partial charge in [-0.15, -0.1) is 0 Å². The summed E-state index contributed by atoms with van der Waals surface area (Å²) in [6.07, 6.45) is 1.83. The Morgan fingerprint density at radius 1 is 1.46 bits per heavy atom. The van der Waals surface area contributed by atoms with Gasteiger partial charge in [0.25, 0.3) is 0 Å². The van der Waals surface area contributed by atoms with Gasteiger partial charge in [0, 0.05) is 28.4 Å². The number of fused-ring (bicyclic) bond motifs is 1. The fraction of sp³-hybridized carbons (Fsp3) is 0.100. The van der Waals surface area contributed by atoms with Crippen molar-refractivity contribution in [3.05, 3.63) is 30.0 Å². The summed E-state index contributed by atoms with van der Waals surface area (Å²) >= 11 is 0. The van der Waals surface area contributed by atoms with Crippen LogP contribution in [0.4, 0.5) is 5.69 Å². The number of hydrogen-bond donors (Lipinski definition) is 2. The quantitative estimate of drug-likeness (QED) is 0.512. The first kappa shape index (κ1) is 7.86. The van der Waals surface area contributed by atoms with Crippen LogP contribution in [0.2, 0.25) is 0 Å². The predicted octanol–water partition coefficient (Wildman–Crippen LogP) is 1.95. The van der Waals surface area contributed by atoms with E-state index in [0.717, 1.165) is 10.9 Å². The molecule has 0 amide bonds. The number of anilines is 1. The average molecular weight is 174 g/mol. The van der Waals surface area contributed by atoms with Crippen molar-refractivity contribution >= 4 is 22.4 Å². The van der Waals surface area contributed by atoms with Crippen LogP contribution >= 0.6 is 0 Å². The Kier molecular flexibility index (Phi) is 1.59. The van der Waals surface area contributed by atoms with E-state index in [-0.39, 0.29) is 5.78 Å². The molecule has 1 aromatic heterocycles. The van der Waals surface area contributed by atoms with Gasteiger partial charge >= 0.3 is 0 Å². The Balaban J connectivity index is 2.76. The minimum atomic E-state index is 0.000556. The molecule has 0 atom stereocenters. The van der Waals surface area contributed by atoms with Crippen molar-refractivity contribution in [2.75, 3.05) is 5.73 Å². The van der Waals surface area contributed by atoms with E-state index >= 15 is 0 Å². The van der Waals surface area contributed by atoms with E-state index in [2.05, 4.69) is 4.98 Å². The predicted molar refractivity (Wildman–Crippen MR) is 52.7 cm³/mol. The smallest absolute Gasteiger partial charge is 0.161 e. The lowest BCUT2D eigenvalue weighted by Gasteiger charge is -2.01. The van der Waals surface area contributed by atoms with E-state index in [1.54, 1.807) is 6.07 Å². The molecule has 0 unspecified atom stereocenters. The van der Waals surface area contributed by atoms with E-state index in [1.165, 1.54) is 6.92 Å². The molecule has 0 bridgehead atoms. The van der Waals surface area contributed by atoms with E-state index < -0.39 is 0 Å². The fourth-order valence-electron chi connectivity index (χ4n) is 1.42. The summed E-state index contributed by atoms with van der Waals surface area (Å²) in [4.78, 5) is 14.2. The molecule has 13 heavy (non-hydrogen) atoms. The number of H-pyrrole nitrogens is 1. The number of aromatic amines is 1. The molecule has 0 spiro atoms. The number of ketones is 1. The largest absolute Gasteiger partial charge is 0.398 e. The van der Waals surface area contributed by atoms with Gasteiger partial charge in [-0.3, -0.25) is 4.79 Å². The van der Waals surface area contributed by atoms with Crippen LogP contribution in [0.25, 0.3) is 10.9 Å². The molecule has 3 N–H and O–H groups in total. The van der Waals surface area contributed by atoms with Crippen LogP contribution in [0.1, 0.15) is 17.3 Å². The number of rotatable bonds is 1. The summed E-state index contributed by atoms with van der Waals surface area (Å²) in [6.45, 7) is 1.52. The minimum Gasteiger partial charge on any atom is -0.398 e. The minimum absolute atomic E-state index is 0.000556. The van der Waals surface area contributed by atoms with Gasteiger partial charge in [-0.2, -0.15) is 0 Å². The maximum Gasteiger partial charge on any atom is 0.161 e. The van der Waals surface area contributed by atoms with Gasteiger partial charge in [0.2, 0.25) is 0 Å². The highest BCUT2D eigenvalue weighted by molar-refractivity contribution is 6.03. The molecule has 0 saturated heterocycles. The molecule has 3 heteroatoms. The molecule has 2 aromatic rings. The van der Waals surface area contributed by atoms with Crippen molar-refractivity contribution in [1.82, 2.24) is 4.98 Å². The zero-order valence-corrected chi connectivity index (χ0v) is 7.29. The summed E-state index contributed by atoms with van der Waals surface area (Å²) in [6, 6.07) is 5.51. The first-order chi connectivity index (χ1) is 6.18. The molecule has 0 saturated carbocycles. The van der Waals surface area contributed by atoms with Crippen molar-refractivity contribution in [2.45, 2.75) is 6.92 Å². The van der Waals surface area contributed by atoms with Crippen LogP contribution in [-0.2, 0) is 0 Å². The van der Waals surface area contributed by atoms with Crippen molar-refractivity contribution in [3.63, 3.8) is 0 Å². The normalized spacial score (nSPS) is 10.5. The Morgan fingerprint density at radius 3 is 2.92 bits per heavy atom. The molecular weight excluding hydrogens is 164 g/mol. The second-order valence-electron chi connectivity index (χ2n) is 3.06. The second kappa shape index (κ2) is 2.62. The van der Waals surface area contributed by atoms with Crippen LogP contribution < -0.4 is 5.73 Å². The first-order valence-electron chi connectivity index (χ1n) is 4.06. The Morgan fingerprint density at radius 2 is 2.23 bits per heavy atom. The molecule has 0 radical (unpaired) electrons. The topological polar surface area (TPSA) is 58.9 Å². The lowest BCUT2D eigenvalue weighted by molar-refractivity contribution is 0.101. The van der Waals surface area contributed by atoms with E-state index in [0.29, 0.717) is 11.3 Å². The summed E-state index contributed by atoms with van der Waals surface area (Å²) in [7, 11) is 0. The number of benzene rings is 1. The zero-order chi connectivity index (χ0) is 9.42. The Bertz CT molecular complexity index is 471. The van der Waals surface area contributed by atoms with Gasteiger partial charge in [0.1, 0.15) is 0 Å². The summed E-state index contributed by atoms with van der Waals surface area (Å²) in [5.74, 6) is 0.000556. The number of hydrogen-bond acceptors (Lipinski definition) is 2. The van der Waals surface area contributed by atoms with Crippen LogP contribution in [0.15, 0.2) is 24.4 Å². The third-order valence-corrected chi connectivity index (χ3v) is 2.10. The lowest BCUT2D eigenvalue weighted by Crippen LogP contribution is -1.98. The molecule has 0 aliphatic heterocycles. The molecule has 3 nitrogen and oxygen atoms in total. The van der Waals surface area contributed by atoms with E-state index in [9.17, 15) is 4.79 Å². The van der Waals surface area contributed by atoms with Gasteiger partial charge < -0.3 is 10.7 Å². The van der Waals surface area contributed by atoms with Crippen molar-refractivity contribution in [2.24, 2.45) is 0 Å². The third-order valence-electron chi connectivity index (χ3n) is 2.10. The van der Waals surface area contributed by atoms with Crippen LogP contribution in [-0.4, -0.2) is 10.8 Å². The van der Waals surface area contributed by atoms with E-state index in [1.807, 2.05) is 18.3 Å². The average Bonchev–Trinajstić information content (AvgIpc) is 2.48. The van der Waals surface area contributed by atoms with E-state index in [4.69, 9.17) is 5.73 Å². The van der Waals surface area contributed by atoms with Gasteiger partial charge in [-0.05, 0) is 25.1 Å². The molecule has 2 rings (SSSR count). The molecule has 0 fully saturated rings. The maximum absolute atomic E-state index is 11.1. The van der Waals surface area contributed by atoms with Crippen molar-refractivity contribution in [1.29, 1.82) is 0 Å². The van der Waals surface area contributed by atoms with Gasteiger partial charge in [-0.1, -0.05) is 0 Å². The van der Waals surface area contributed by atoms with Crippen molar-refractivity contribution in [3.8, 4) is 0 Å². The van der Waals surface area contributed by atoms with Crippen LogP contribution in [0.5, 0.6) is 0 Å². The zero-order valence-electron chi connectivity index (χ0n) is 7.29. The van der Waals surface area contributed by atoms with Gasteiger partial charge in [0.05, 0.1) is 0 Å². The molecule has 66 valence electrons. The Labute approximate surface area is 75.6 Å². The standard InChI is InChI=1S/C10H10N2O/c1-6(13)8-4-7-2-3-12-10(7)5-9(8)11/h2-5,12H,11H2,1H3. The first-order valence-corrected chi connectivity index (χ1v) is 4.06. The molecule has 1 heterocycles. The number of nitrogens with two attached hydrogens (primary N) is 1. The highest BCUT2D eigenvalue weighted by atomic mass is 16.1. The highest BCUT2D eigenvalue weighted by Crippen LogP contribution is 2.20. The molecule has 0 aliphatic carbocycles. The number of Topliss-reactive ketones (excluding diaryl/α,β-unsaturated/α-hetero) is 1. The molecular formula is C10H10N2O. The number of aromatic nitrogens is 1. The summed E-state index contributed by atoms with van der Waals surface area (Å²) < 4.78 is 0. The summed E-state index contributed by atoms with van der Waals surface area (Å²) in [5, 5.41) is 1.01. The second-order valence-corrected chi connectivity index (χ2v) is 3.06. The molecule has 0 aliphatic rings. The summed E-state index contributed by atoms with van der Waals surface area (Å²) in [5.41, 5.74) is 7.79. The number of nitrogen functional groups attached to an aromatic ring is 1. The van der Waals surface area contributed by atoms with Crippen LogP contribution in [0, 0.1) is 0 Å². The van der Waals surface area contributed by atoms with Gasteiger partial charge in [0.15, 0.2) is 5.78 Å². The fourth-order valence-corrected chi connectivity index (χ4v) is 1.42. The maximum atomic E-state index is 11.1. The number of nitrogens with one attached hydrogen (secondary N) is 1. The third kappa shape index (κ3) is 1.18. The van der Waals surface area contributed by atoms with Crippen LogP contribution in [0.3, 0.4) is 0 Å². The number of carbonyl (C=O) groups excluding carboxylic acids is 1. The Hall–Kier alpha value is -1.77. The lowest BCUT2D eigenvalue weighted by atomic mass is 10.1. The SMILES string of the molecule is CC(=O)c1cc2cc[nH]c2cc1N. The number of carbonyl (C=O) groups is 1.